The number of allylic oxidation sites excluding steroid dienone is 2. The van der Waals surface area contributed by atoms with Gasteiger partial charge in [-0.05, 0) is 38.5 Å². The number of nitrogens with zero attached hydrogens (tertiary/aromatic N) is 2. The molecule has 1 aliphatic carbocycles. The third-order valence-electron chi connectivity index (χ3n) is 7.25. The quantitative estimate of drug-likeness (QED) is 0.324. The third kappa shape index (κ3) is 6.67. The number of rotatable bonds is 10. The minimum atomic E-state index is -0.0921. The topological polar surface area (TPSA) is 58.2 Å². The molecule has 2 heterocycles. The summed E-state index contributed by atoms with van der Waals surface area (Å²) in [6.07, 6.45) is 13.0. The number of hydrogen-bond acceptors (Lipinski definition) is 4. The average molecular weight is 419 g/mol. The lowest BCUT2D eigenvalue weighted by atomic mass is 10.1. The van der Waals surface area contributed by atoms with Gasteiger partial charge in [-0.2, -0.15) is 0 Å². The third-order valence-corrected chi connectivity index (χ3v) is 7.25. The second kappa shape index (κ2) is 10.6. The molecular weight excluding hydrogens is 376 g/mol. The van der Waals surface area contributed by atoms with Crippen molar-refractivity contribution in [3.63, 3.8) is 0 Å². The molecule has 0 saturated carbocycles. The van der Waals surface area contributed by atoms with Crippen molar-refractivity contribution in [3.8, 4) is 0 Å². The number of carbonyl (C=O) groups is 2. The lowest BCUT2D eigenvalue weighted by Gasteiger charge is -2.38. The molecule has 6 nitrogen and oxygen atoms in total. The van der Waals surface area contributed by atoms with Gasteiger partial charge in [0.1, 0.15) is 0 Å². The fourth-order valence-corrected chi connectivity index (χ4v) is 5.20. The predicted molar refractivity (Wildman–Crippen MR) is 121 cm³/mol. The lowest BCUT2D eigenvalue weighted by Crippen LogP contribution is -2.49. The van der Waals surface area contributed by atoms with E-state index >= 15 is 0 Å². The van der Waals surface area contributed by atoms with Gasteiger partial charge in [0, 0.05) is 38.1 Å². The zero-order chi connectivity index (χ0) is 21.5. The Bertz CT molecular complexity index is 613. The van der Waals surface area contributed by atoms with Gasteiger partial charge in [-0.3, -0.25) is 9.59 Å². The van der Waals surface area contributed by atoms with Crippen molar-refractivity contribution in [2.24, 2.45) is 0 Å². The molecule has 2 aliphatic heterocycles. The number of quaternary nitrogens is 2. The number of hydrogen-bond donors (Lipinski definition) is 2. The molecule has 0 aromatic carbocycles. The van der Waals surface area contributed by atoms with Gasteiger partial charge in [0.25, 0.3) is 0 Å². The minimum Gasteiger partial charge on any atom is -0.382 e. The molecule has 6 heteroatoms. The first-order chi connectivity index (χ1) is 14.4. The molecule has 2 saturated heterocycles. The van der Waals surface area contributed by atoms with Crippen LogP contribution in [0.2, 0.25) is 0 Å². The molecule has 0 radical (unpaired) electrons. The first-order valence-corrected chi connectivity index (χ1v) is 12.1. The molecule has 0 unspecified atom stereocenters. The summed E-state index contributed by atoms with van der Waals surface area (Å²) in [7, 11) is 4.67. The first kappa shape index (κ1) is 23.0. The van der Waals surface area contributed by atoms with Crippen molar-refractivity contribution < 1.29 is 18.6 Å². The molecule has 0 aromatic rings. The summed E-state index contributed by atoms with van der Waals surface area (Å²) in [5.74, 6) is -0.184. The van der Waals surface area contributed by atoms with E-state index in [2.05, 4.69) is 24.7 Å². The van der Waals surface area contributed by atoms with E-state index in [1.54, 1.807) is 0 Å². The van der Waals surface area contributed by atoms with Crippen LogP contribution in [0.15, 0.2) is 23.5 Å². The van der Waals surface area contributed by atoms with E-state index in [-0.39, 0.29) is 11.6 Å². The SMILES string of the molecule is C[N+]1(CCCNC2=CC(=O)C(NCCC[N+]3(C)CCCCC3)=CC2=O)CCCCC1. The summed E-state index contributed by atoms with van der Waals surface area (Å²) >= 11 is 0. The van der Waals surface area contributed by atoms with Crippen LogP contribution in [0.4, 0.5) is 0 Å². The van der Waals surface area contributed by atoms with E-state index in [1.807, 2.05) is 0 Å². The van der Waals surface area contributed by atoms with E-state index in [0.717, 1.165) is 48.0 Å². The van der Waals surface area contributed by atoms with E-state index in [9.17, 15) is 9.59 Å². The van der Waals surface area contributed by atoms with Gasteiger partial charge in [0.05, 0.1) is 64.8 Å². The Morgan fingerprint density at radius 3 is 1.40 bits per heavy atom. The van der Waals surface area contributed by atoms with Gasteiger partial charge in [0.15, 0.2) is 0 Å². The van der Waals surface area contributed by atoms with Gasteiger partial charge in [-0.1, -0.05) is 0 Å². The number of ketones is 2. The molecule has 3 aliphatic rings. The van der Waals surface area contributed by atoms with Crippen LogP contribution in [-0.2, 0) is 9.59 Å². The first-order valence-electron chi connectivity index (χ1n) is 12.1. The lowest BCUT2D eigenvalue weighted by molar-refractivity contribution is -0.914. The summed E-state index contributed by atoms with van der Waals surface area (Å²) in [4.78, 5) is 24.9. The van der Waals surface area contributed by atoms with Crippen LogP contribution in [0.1, 0.15) is 51.4 Å². The Labute approximate surface area is 182 Å². The van der Waals surface area contributed by atoms with Crippen LogP contribution in [0.25, 0.3) is 0 Å². The number of likely N-dealkylation sites (tertiary alicyclic amines) is 2. The summed E-state index contributed by atoms with van der Waals surface area (Å²) in [6.45, 7) is 8.78. The van der Waals surface area contributed by atoms with Gasteiger partial charge >= 0.3 is 0 Å². The second-order valence-electron chi connectivity index (χ2n) is 10.1. The number of nitrogens with one attached hydrogen (secondary N) is 2. The highest BCUT2D eigenvalue weighted by atomic mass is 16.1. The van der Waals surface area contributed by atoms with E-state index in [1.165, 1.54) is 76.9 Å². The Kier molecular flexibility index (Phi) is 8.12. The molecule has 0 atom stereocenters. The molecule has 0 aromatic heterocycles. The second-order valence-corrected chi connectivity index (χ2v) is 10.1. The average Bonchev–Trinajstić information content (AvgIpc) is 2.72. The molecule has 168 valence electrons. The molecule has 3 rings (SSSR count). The van der Waals surface area contributed by atoms with Crippen LogP contribution in [-0.4, -0.2) is 87.0 Å². The van der Waals surface area contributed by atoms with Crippen molar-refractivity contribution in [2.45, 2.75) is 51.4 Å². The van der Waals surface area contributed by atoms with Crippen LogP contribution in [0.5, 0.6) is 0 Å². The molecule has 2 N–H and O–H groups in total. The zero-order valence-corrected chi connectivity index (χ0v) is 19.2. The maximum atomic E-state index is 12.4. The van der Waals surface area contributed by atoms with Gasteiger partial charge in [-0.15, -0.1) is 0 Å². The monoisotopic (exact) mass is 418 g/mol. The van der Waals surface area contributed by atoms with Crippen molar-refractivity contribution >= 4 is 11.6 Å². The normalized spacial score (nSPS) is 23.5. The van der Waals surface area contributed by atoms with Crippen molar-refractivity contribution in [3.05, 3.63) is 23.5 Å². The fourth-order valence-electron chi connectivity index (χ4n) is 5.20. The minimum absolute atomic E-state index is 0.0921. The molecular formula is C24H42N4O2+2. The standard InChI is InChI=1S/C24H40N4O2/c1-27(13-5-3-6-14-27)17-9-11-25-21-19-24(30)22(20-23(21)29)26-12-10-18-28(2)15-7-4-8-16-28/h19-20H,3-18H2,1-2H3/p+2. The van der Waals surface area contributed by atoms with Crippen LogP contribution in [0, 0.1) is 0 Å². The summed E-state index contributed by atoms with van der Waals surface area (Å²) < 4.78 is 2.28. The highest BCUT2D eigenvalue weighted by Crippen LogP contribution is 2.17. The molecule has 2 fully saturated rings. The molecule has 0 amide bonds. The maximum absolute atomic E-state index is 12.4. The predicted octanol–water partition coefficient (Wildman–Crippen LogP) is 2.13. The largest absolute Gasteiger partial charge is 0.382 e. The van der Waals surface area contributed by atoms with Crippen molar-refractivity contribution in [1.29, 1.82) is 0 Å². The zero-order valence-electron chi connectivity index (χ0n) is 19.2. The van der Waals surface area contributed by atoms with Crippen LogP contribution >= 0.6 is 0 Å². The smallest absolute Gasteiger partial charge is 0.203 e. The Hall–Kier alpha value is -1.66. The molecule has 0 bridgehead atoms. The molecule has 30 heavy (non-hydrogen) atoms. The van der Waals surface area contributed by atoms with Gasteiger partial charge < -0.3 is 19.6 Å². The van der Waals surface area contributed by atoms with Crippen molar-refractivity contribution in [1.82, 2.24) is 10.6 Å². The van der Waals surface area contributed by atoms with E-state index in [4.69, 9.17) is 0 Å². The summed E-state index contributed by atoms with van der Waals surface area (Å²) in [6, 6.07) is 0. The van der Waals surface area contributed by atoms with E-state index in [0.29, 0.717) is 11.4 Å². The Balaban J connectivity index is 1.36. The fraction of sp³-hybridized carbons (Fsp3) is 0.750. The Morgan fingerprint density at radius 1 is 0.667 bits per heavy atom. The summed E-state index contributed by atoms with van der Waals surface area (Å²) in [5, 5.41) is 6.40. The Morgan fingerprint density at radius 2 is 1.03 bits per heavy atom. The maximum Gasteiger partial charge on any atom is 0.203 e. The number of piperidine rings is 2. The van der Waals surface area contributed by atoms with Gasteiger partial charge in [-0.25, -0.2) is 0 Å². The van der Waals surface area contributed by atoms with Gasteiger partial charge in [0.2, 0.25) is 11.6 Å². The highest BCUT2D eigenvalue weighted by molar-refractivity contribution is 6.19. The van der Waals surface area contributed by atoms with Crippen molar-refractivity contribution in [2.75, 3.05) is 66.5 Å². The van der Waals surface area contributed by atoms with Crippen LogP contribution in [0.3, 0.4) is 0 Å². The van der Waals surface area contributed by atoms with Crippen LogP contribution < -0.4 is 10.6 Å². The summed E-state index contributed by atoms with van der Waals surface area (Å²) in [5.41, 5.74) is 0.886. The highest BCUT2D eigenvalue weighted by Gasteiger charge is 2.26. The van der Waals surface area contributed by atoms with E-state index < -0.39 is 0 Å². The number of carbonyl (C=O) groups excluding carboxylic acids is 2. The molecule has 0 spiro atoms.